The number of anilines is 2. The van der Waals surface area contributed by atoms with Crippen LogP contribution in [0.2, 0.25) is 0 Å². The summed E-state index contributed by atoms with van der Waals surface area (Å²) >= 11 is 0. The van der Waals surface area contributed by atoms with Crippen LogP contribution in [0.1, 0.15) is 35.5 Å². The summed E-state index contributed by atoms with van der Waals surface area (Å²) in [5.41, 5.74) is 7.91. The summed E-state index contributed by atoms with van der Waals surface area (Å²) in [5.74, 6) is -0.0770. The first kappa shape index (κ1) is 17.2. The van der Waals surface area contributed by atoms with E-state index in [9.17, 15) is 9.90 Å². The number of nitrogens with zero attached hydrogens (tertiary/aromatic N) is 3. The number of aromatic nitrogens is 2. The first-order valence-electron chi connectivity index (χ1n) is 8.12. The summed E-state index contributed by atoms with van der Waals surface area (Å²) in [6.45, 7) is 4.04. The third kappa shape index (κ3) is 3.56. The molecule has 3 rings (SSSR count). The number of methoxy groups -OCH3 is 1. The molecule has 0 fully saturated rings. The Balaban J connectivity index is 1.87. The number of nitrogens with two attached hydrogens (primary N) is 1. The lowest BCUT2D eigenvalue weighted by molar-refractivity contribution is 0.0809. The third-order valence-corrected chi connectivity index (χ3v) is 4.09. The van der Waals surface area contributed by atoms with E-state index in [1.807, 2.05) is 24.3 Å². The minimum atomic E-state index is -0.772. The Morgan fingerprint density at radius 2 is 1.96 bits per heavy atom. The number of carbonyl (C=O) groups is 1. The molecule has 0 saturated heterocycles. The predicted molar refractivity (Wildman–Crippen MR) is 94.8 cm³/mol. The maximum atomic E-state index is 12.8. The highest BCUT2D eigenvalue weighted by atomic mass is 16.5. The lowest BCUT2D eigenvalue weighted by Gasteiger charge is -2.29. The van der Waals surface area contributed by atoms with E-state index in [0.29, 0.717) is 30.6 Å². The van der Waals surface area contributed by atoms with Crippen molar-refractivity contribution in [3.63, 3.8) is 0 Å². The van der Waals surface area contributed by atoms with Crippen LogP contribution < -0.4 is 15.4 Å². The van der Waals surface area contributed by atoms with Gasteiger partial charge in [0.2, 0.25) is 0 Å². The molecule has 2 aromatic rings. The molecule has 0 bridgehead atoms. The molecule has 132 valence electrons. The molecule has 25 heavy (non-hydrogen) atoms. The Labute approximate surface area is 146 Å². The van der Waals surface area contributed by atoms with Crippen molar-refractivity contribution < 1.29 is 14.6 Å². The van der Waals surface area contributed by atoms with Crippen LogP contribution in [0, 0.1) is 0 Å². The average Bonchev–Trinajstić information content (AvgIpc) is 2.54. The lowest BCUT2D eigenvalue weighted by Crippen LogP contribution is -2.39. The minimum absolute atomic E-state index is 0.134. The number of aliphatic hydroxyl groups is 1. The number of hydrogen-bond acceptors (Lipinski definition) is 6. The van der Waals surface area contributed by atoms with Gasteiger partial charge in [-0.05, 0) is 31.5 Å². The number of hydrogen-bond donors (Lipinski definition) is 2. The fourth-order valence-corrected chi connectivity index (χ4v) is 3.00. The van der Waals surface area contributed by atoms with Gasteiger partial charge >= 0.3 is 6.01 Å². The van der Waals surface area contributed by atoms with Gasteiger partial charge in [0.05, 0.1) is 18.4 Å². The minimum Gasteiger partial charge on any atom is -0.467 e. The maximum absolute atomic E-state index is 12.8. The fourth-order valence-electron chi connectivity index (χ4n) is 3.00. The second kappa shape index (κ2) is 6.33. The monoisotopic (exact) mass is 342 g/mol. The number of fused-ring (bicyclic) bond motifs is 1. The SMILES string of the molecule is COc1nc(N)c2c(n1)CCN(c1ccc(CC(C)(C)O)cc1)C2=O. The van der Waals surface area contributed by atoms with Crippen LogP contribution in [0.3, 0.4) is 0 Å². The molecule has 7 heteroatoms. The summed E-state index contributed by atoms with van der Waals surface area (Å²) in [7, 11) is 1.47. The summed E-state index contributed by atoms with van der Waals surface area (Å²) in [4.78, 5) is 22.7. The fraction of sp³-hybridized carbons (Fsp3) is 0.389. The molecule has 2 heterocycles. The Morgan fingerprint density at radius 3 is 2.56 bits per heavy atom. The van der Waals surface area contributed by atoms with Crippen molar-refractivity contribution >= 4 is 17.4 Å². The van der Waals surface area contributed by atoms with Gasteiger partial charge in [0.1, 0.15) is 11.4 Å². The van der Waals surface area contributed by atoms with Crippen LogP contribution in [0.15, 0.2) is 24.3 Å². The van der Waals surface area contributed by atoms with Gasteiger partial charge < -0.3 is 20.5 Å². The molecule has 0 radical (unpaired) electrons. The normalized spacial score (nSPS) is 14.4. The number of carbonyl (C=O) groups excluding carboxylic acids is 1. The van der Waals surface area contributed by atoms with E-state index in [2.05, 4.69) is 9.97 Å². The van der Waals surface area contributed by atoms with Gasteiger partial charge in [-0.1, -0.05) is 12.1 Å². The molecule has 7 nitrogen and oxygen atoms in total. The molecule has 0 unspecified atom stereocenters. The Kier molecular flexibility index (Phi) is 4.34. The van der Waals surface area contributed by atoms with Crippen molar-refractivity contribution in [2.45, 2.75) is 32.3 Å². The average molecular weight is 342 g/mol. The van der Waals surface area contributed by atoms with Crippen molar-refractivity contribution in [1.82, 2.24) is 9.97 Å². The van der Waals surface area contributed by atoms with E-state index in [-0.39, 0.29) is 17.7 Å². The van der Waals surface area contributed by atoms with Gasteiger partial charge in [0, 0.05) is 25.1 Å². The van der Waals surface area contributed by atoms with Crippen LogP contribution >= 0.6 is 0 Å². The number of nitrogen functional groups attached to an aromatic ring is 1. The summed E-state index contributed by atoms with van der Waals surface area (Å²) in [5, 5.41) is 9.91. The van der Waals surface area contributed by atoms with Crippen LogP contribution in [0.4, 0.5) is 11.5 Å². The van der Waals surface area contributed by atoms with Crippen LogP contribution in [0.5, 0.6) is 6.01 Å². The highest BCUT2D eigenvalue weighted by molar-refractivity contribution is 6.10. The van der Waals surface area contributed by atoms with Gasteiger partial charge in [-0.15, -0.1) is 0 Å². The number of amides is 1. The zero-order valence-electron chi connectivity index (χ0n) is 14.6. The largest absolute Gasteiger partial charge is 0.467 e. The van der Waals surface area contributed by atoms with Gasteiger partial charge in [-0.3, -0.25) is 4.79 Å². The summed E-state index contributed by atoms with van der Waals surface area (Å²) in [6, 6.07) is 7.77. The molecule has 1 amide bonds. The Hall–Kier alpha value is -2.67. The first-order chi connectivity index (χ1) is 11.8. The molecule has 1 aromatic carbocycles. The van der Waals surface area contributed by atoms with E-state index >= 15 is 0 Å². The van der Waals surface area contributed by atoms with Gasteiger partial charge in [0.25, 0.3) is 5.91 Å². The highest BCUT2D eigenvalue weighted by Crippen LogP contribution is 2.28. The molecule has 1 aromatic heterocycles. The van der Waals surface area contributed by atoms with E-state index in [1.54, 1.807) is 18.7 Å². The molecular formula is C18H22N4O3. The van der Waals surface area contributed by atoms with Crippen molar-refractivity contribution in [3.05, 3.63) is 41.1 Å². The predicted octanol–water partition coefficient (Wildman–Crippen LogP) is 1.58. The van der Waals surface area contributed by atoms with Crippen LogP contribution in [-0.2, 0) is 12.8 Å². The first-order valence-corrected chi connectivity index (χ1v) is 8.12. The lowest BCUT2D eigenvalue weighted by atomic mass is 9.98. The quantitative estimate of drug-likeness (QED) is 0.875. The van der Waals surface area contributed by atoms with E-state index in [1.165, 1.54) is 7.11 Å². The van der Waals surface area contributed by atoms with Gasteiger partial charge in [-0.2, -0.15) is 9.97 Å². The number of rotatable bonds is 4. The molecule has 1 aliphatic heterocycles. The molecule has 3 N–H and O–H groups in total. The van der Waals surface area contributed by atoms with E-state index in [0.717, 1.165) is 11.3 Å². The van der Waals surface area contributed by atoms with E-state index in [4.69, 9.17) is 10.5 Å². The van der Waals surface area contributed by atoms with Crippen LogP contribution in [0.25, 0.3) is 0 Å². The topological polar surface area (TPSA) is 102 Å². The second-order valence-corrected chi connectivity index (χ2v) is 6.78. The smallest absolute Gasteiger partial charge is 0.318 e. The highest BCUT2D eigenvalue weighted by Gasteiger charge is 2.30. The number of ether oxygens (including phenoxy) is 1. The molecule has 0 aliphatic carbocycles. The second-order valence-electron chi connectivity index (χ2n) is 6.78. The molecular weight excluding hydrogens is 320 g/mol. The van der Waals surface area contributed by atoms with Gasteiger partial charge in [-0.25, -0.2) is 0 Å². The Morgan fingerprint density at radius 1 is 1.28 bits per heavy atom. The molecule has 0 saturated carbocycles. The van der Waals surface area contributed by atoms with Crippen molar-refractivity contribution in [3.8, 4) is 6.01 Å². The molecule has 0 atom stereocenters. The zero-order chi connectivity index (χ0) is 18.2. The Bertz CT molecular complexity index is 797. The summed E-state index contributed by atoms with van der Waals surface area (Å²) < 4.78 is 5.01. The third-order valence-electron chi connectivity index (χ3n) is 4.09. The van der Waals surface area contributed by atoms with Crippen molar-refractivity contribution in [2.75, 3.05) is 24.3 Å². The standard InChI is InChI=1S/C18H22N4O3/c1-18(2,24)10-11-4-6-12(7-5-11)22-9-8-13-14(16(22)23)15(19)21-17(20-13)25-3/h4-7,24H,8-10H2,1-3H3,(H2,19,20,21). The maximum Gasteiger partial charge on any atom is 0.318 e. The van der Waals surface area contributed by atoms with E-state index < -0.39 is 5.60 Å². The van der Waals surface area contributed by atoms with Crippen LogP contribution in [-0.4, -0.2) is 40.2 Å². The van der Waals surface area contributed by atoms with Crippen molar-refractivity contribution in [2.24, 2.45) is 0 Å². The van der Waals surface area contributed by atoms with Gasteiger partial charge in [0.15, 0.2) is 0 Å². The van der Waals surface area contributed by atoms with Crippen molar-refractivity contribution in [1.29, 1.82) is 0 Å². The zero-order valence-corrected chi connectivity index (χ0v) is 14.6. The number of benzene rings is 1. The summed E-state index contributed by atoms with van der Waals surface area (Å²) in [6.07, 6.45) is 1.13. The molecule has 1 aliphatic rings. The molecule has 0 spiro atoms.